The topological polar surface area (TPSA) is 58.4 Å². The maximum absolute atomic E-state index is 14.4. The molecule has 0 saturated carbocycles. The second-order valence-electron chi connectivity index (χ2n) is 4.38. The molecule has 3 N–H and O–H groups in total. The number of nitrogens with zero attached hydrogens (tertiary/aromatic N) is 1. The molecule has 1 heterocycles. The first-order valence-corrected chi connectivity index (χ1v) is 6.22. The van der Waals surface area contributed by atoms with Gasteiger partial charge >= 0.3 is 0 Å². The number of hydrogen-bond donors (Lipinski definition) is 2. The number of amides is 1. The van der Waals surface area contributed by atoms with Crippen LogP contribution in [0.4, 0.5) is 10.1 Å². The molecule has 1 fully saturated rings. The van der Waals surface area contributed by atoms with Crippen LogP contribution in [0.1, 0.15) is 22.8 Å². The molecule has 1 saturated heterocycles. The molecule has 0 aromatic heterocycles. The van der Waals surface area contributed by atoms with Crippen LogP contribution in [-0.2, 0) is 6.42 Å². The van der Waals surface area contributed by atoms with Crippen LogP contribution in [0.15, 0.2) is 12.1 Å². The third kappa shape index (κ3) is 2.31. The summed E-state index contributed by atoms with van der Waals surface area (Å²) in [6.07, 6.45) is 0.462. The molecule has 18 heavy (non-hydrogen) atoms. The van der Waals surface area contributed by atoms with Gasteiger partial charge in [0.2, 0.25) is 5.91 Å². The van der Waals surface area contributed by atoms with Gasteiger partial charge in [-0.2, -0.15) is 0 Å². The molecule has 5 heteroatoms. The number of carbonyl (C=O) groups is 1. The Kier molecular flexibility index (Phi) is 3.81. The van der Waals surface area contributed by atoms with Crippen molar-refractivity contribution in [2.45, 2.75) is 13.3 Å². The lowest BCUT2D eigenvalue weighted by atomic mass is 10.0. The van der Waals surface area contributed by atoms with Crippen molar-refractivity contribution in [3.63, 3.8) is 0 Å². The van der Waals surface area contributed by atoms with Gasteiger partial charge in [0.25, 0.3) is 0 Å². The number of benzene rings is 1. The zero-order valence-electron chi connectivity index (χ0n) is 10.5. The number of rotatable bonds is 3. The highest BCUT2D eigenvalue weighted by atomic mass is 19.1. The molecule has 0 spiro atoms. The molecule has 0 unspecified atom stereocenters. The van der Waals surface area contributed by atoms with E-state index >= 15 is 0 Å². The fraction of sp³-hybridized carbons (Fsp3) is 0.462. The van der Waals surface area contributed by atoms with Crippen LogP contribution in [0, 0.1) is 5.82 Å². The van der Waals surface area contributed by atoms with E-state index in [-0.39, 0.29) is 11.4 Å². The number of primary amides is 1. The van der Waals surface area contributed by atoms with Crippen molar-refractivity contribution in [1.29, 1.82) is 0 Å². The summed E-state index contributed by atoms with van der Waals surface area (Å²) < 4.78 is 14.4. The summed E-state index contributed by atoms with van der Waals surface area (Å²) in [6.45, 7) is 5.06. The molecule has 0 aliphatic carbocycles. The minimum atomic E-state index is -0.572. The number of nitrogens with two attached hydrogens (primary N) is 1. The largest absolute Gasteiger partial charge is 0.367 e. The van der Waals surface area contributed by atoms with Gasteiger partial charge < -0.3 is 16.0 Å². The van der Waals surface area contributed by atoms with Crippen molar-refractivity contribution < 1.29 is 9.18 Å². The molecule has 1 aliphatic rings. The predicted molar refractivity (Wildman–Crippen MR) is 69.4 cm³/mol. The van der Waals surface area contributed by atoms with E-state index in [0.717, 1.165) is 26.2 Å². The Hall–Kier alpha value is -1.62. The molecule has 0 bridgehead atoms. The first kappa shape index (κ1) is 12.8. The quantitative estimate of drug-likeness (QED) is 0.839. The summed E-state index contributed by atoms with van der Waals surface area (Å²) in [5, 5.41) is 3.22. The fourth-order valence-corrected chi connectivity index (χ4v) is 2.34. The minimum absolute atomic E-state index is 0.286. The van der Waals surface area contributed by atoms with Crippen LogP contribution in [0.3, 0.4) is 0 Å². The molecule has 98 valence electrons. The van der Waals surface area contributed by atoms with E-state index < -0.39 is 5.91 Å². The molecule has 1 aromatic carbocycles. The summed E-state index contributed by atoms with van der Waals surface area (Å²) >= 11 is 0. The molecule has 4 nitrogen and oxygen atoms in total. The van der Waals surface area contributed by atoms with Crippen LogP contribution in [0.25, 0.3) is 0 Å². The van der Waals surface area contributed by atoms with Gasteiger partial charge in [-0.25, -0.2) is 4.39 Å². The summed E-state index contributed by atoms with van der Waals surface area (Å²) in [5.74, 6) is -0.881. The third-order valence-corrected chi connectivity index (χ3v) is 3.30. The van der Waals surface area contributed by atoms with E-state index in [0.29, 0.717) is 17.7 Å². The van der Waals surface area contributed by atoms with E-state index in [9.17, 15) is 9.18 Å². The molecule has 0 atom stereocenters. The number of carbonyl (C=O) groups excluding carboxylic acids is 1. The molecule has 0 radical (unpaired) electrons. The molecule has 1 aromatic rings. The number of piperazine rings is 1. The SMILES string of the molecule is CCc1c(C(N)=O)ccc(N2CCNCC2)c1F. The van der Waals surface area contributed by atoms with Gasteiger partial charge in [-0.05, 0) is 18.6 Å². The van der Waals surface area contributed by atoms with Gasteiger partial charge in [0.05, 0.1) is 5.69 Å². The molecular weight excluding hydrogens is 233 g/mol. The lowest BCUT2D eigenvalue weighted by Gasteiger charge is -2.30. The summed E-state index contributed by atoms with van der Waals surface area (Å²) in [5.41, 5.74) is 6.53. The second kappa shape index (κ2) is 5.35. The average molecular weight is 251 g/mol. The second-order valence-corrected chi connectivity index (χ2v) is 4.38. The Balaban J connectivity index is 2.40. The van der Waals surface area contributed by atoms with Crippen molar-refractivity contribution in [3.8, 4) is 0 Å². The number of hydrogen-bond acceptors (Lipinski definition) is 3. The van der Waals surface area contributed by atoms with Gasteiger partial charge in [-0.1, -0.05) is 6.92 Å². The Bertz CT molecular complexity index is 456. The number of nitrogens with one attached hydrogen (secondary N) is 1. The lowest BCUT2D eigenvalue weighted by molar-refractivity contribution is 0.0999. The molecular formula is C13H18FN3O. The van der Waals surface area contributed by atoms with E-state index in [4.69, 9.17) is 5.73 Å². The smallest absolute Gasteiger partial charge is 0.249 e. The summed E-state index contributed by atoms with van der Waals surface area (Å²) in [7, 11) is 0. The third-order valence-electron chi connectivity index (χ3n) is 3.30. The number of anilines is 1. The molecule has 2 rings (SSSR count). The van der Waals surface area contributed by atoms with Gasteiger partial charge in [0.1, 0.15) is 5.82 Å². The fourth-order valence-electron chi connectivity index (χ4n) is 2.34. The normalized spacial score (nSPS) is 15.8. The van der Waals surface area contributed by atoms with E-state index in [2.05, 4.69) is 5.32 Å². The van der Waals surface area contributed by atoms with E-state index in [1.54, 1.807) is 12.1 Å². The monoisotopic (exact) mass is 251 g/mol. The minimum Gasteiger partial charge on any atom is -0.367 e. The summed E-state index contributed by atoms with van der Waals surface area (Å²) in [6, 6.07) is 3.28. The van der Waals surface area contributed by atoms with E-state index in [1.165, 1.54) is 0 Å². The van der Waals surface area contributed by atoms with Crippen molar-refractivity contribution in [2.75, 3.05) is 31.1 Å². The zero-order valence-corrected chi connectivity index (χ0v) is 10.5. The predicted octanol–water partition coefficient (Wildman–Crippen LogP) is 0.897. The van der Waals surface area contributed by atoms with E-state index in [1.807, 2.05) is 11.8 Å². The van der Waals surface area contributed by atoms with Gasteiger partial charge in [-0.3, -0.25) is 4.79 Å². The molecule has 1 amide bonds. The van der Waals surface area contributed by atoms with Crippen LogP contribution in [0.2, 0.25) is 0 Å². The Morgan fingerprint density at radius 2 is 2.11 bits per heavy atom. The Morgan fingerprint density at radius 3 is 2.67 bits per heavy atom. The van der Waals surface area contributed by atoms with Crippen molar-refractivity contribution in [3.05, 3.63) is 29.1 Å². The maximum atomic E-state index is 14.4. The average Bonchev–Trinajstić information content (AvgIpc) is 2.39. The van der Waals surface area contributed by atoms with Gasteiger partial charge in [0, 0.05) is 37.3 Å². The van der Waals surface area contributed by atoms with Crippen LogP contribution < -0.4 is 16.0 Å². The Morgan fingerprint density at radius 1 is 1.44 bits per heavy atom. The van der Waals surface area contributed by atoms with Crippen molar-refractivity contribution >= 4 is 11.6 Å². The van der Waals surface area contributed by atoms with Crippen molar-refractivity contribution in [1.82, 2.24) is 5.32 Å². The number of halogens is 1. The van der Waals surface area contributed by atoms with Crippen LogP contribution in [0.5, 0.6) is 0 Å². The lowest BCUT2D eigenvalue weighted by Crippen LogP contribution is -2.44. The highest BCUT2D eigenvalue weighted by Gasteiger charge is 2.20. The van der Waals surface area contributed by atoms with Gasteiger partial charge in [0.15, 0.2) is 0 Å². The van der Waals surface area contributed by atoms with Crippen LogP contribution in [-0.4, -0.2) is 32.1 Å². The highest BCUT2D eigenvalue weighted by Crippen LogP contribution is 2.26. The van der Waals surface area contributed by atoms with Crippen molar-refractivity contribution in [2.24, 2.45) is 5.73 Å². The van der Waals surface area contributed by atoms with Gasteiger partial charge in [-0.15, -0.1) is 0 Å². The maximum Gasteiger partial charge on any atom is 0.249 e. The van der Waals surface area contributed by atoms with Crippen LogP contribution >= 0.6 is 0 Å². The first-order chi connectivity index (χ1) is 8.65. The first-order valence-electron chi connectivity index (χ1n) is 6.22. The Labute approximate surface area is 106 Å². The zero-order chi connectivity index (χ0) is 13.1. The standard InChI is InChI=1S/C13H18FN3O/c1-2-9-10(13(15)18)3-4-11(12(9)14)17-7-5-16-6-8-17/h3-4,16H,2,5-8H2,1H3,(H2,15,18). The molecule has 1 aliphatic heterocycles. The summed E-state index contributed by atoms with van der Waals surface area (Å²) in [4.78, 5) is 13.2. The highest BCUT2D eigenvalue weighted by molar-refractivity contribution is 5.95.